The highest BCUT2D eigenvalue weighted by molar-refractivity contribution is 7.81. The van der Waals surface area contributed by atoms with Crippen LogP contribution in [0.5, 0.6) is 0 Å². The molecule has 0 fully saturated rings. The molecule has 1 heterocycles. The predicted octanol–water partition coefficient (Wildman–Crippen LogP) is 5.56. The van der Waals surface area contributed by atoms with Crippen LogP contribution in [0.4, 0.5) is 5.69 Å². The lowest BCUT2D eigenvalue weighted by Crippen LogP contribution is -2.39. The van der Waals surface area contributed by atoms with E-state index in [0.717, 1.165) is 16.5 Å². The molecule has 0 aliphatic rings. The van der Waals surface area contributed by atoms with E-state index in [0.29, 0.717) is 26.3 Å². The number of benzene rings is 3. The van der Waals surface area contributed by atoms with Crippen molar-refractivity contribution in [3.05, 3.63) is 107 Å². The van der Waals surface area contributed by atoms with Crippen LogP contribution in [0, 0.1) is 0 Å². The molecular weight excluding hydrogens is 435 g/mol. The minimum Gasteiger partial charge on any atom is -0.867 e. The van der Waals surface area contributed by atoms with Gasteiger partial charge in [-0.15, -0.1) is 0 Å². The van der Waals surface area contributed by atoms with Gasteiger partial charge < -0.3 is 10.4 Å². The maximum absolute atomic E-state index is 13.4. The number of aromatic nitrogens is 1. The first kappa shape index (κ1) is 20.4. The molecule has 1 aromatic heterocycles. The Morgan fingerprint density at radius 2 is 1.57 bits per heavy atom. The number of nitrogens with zero attached hydrogens (tertiary/aromatic N) is 1. The Kier molecular flexibility index (Phi) is 6.00. The molecule has 0 unspecified atom stereocenters. The Balaban J connectivity index is 1.82. The van der Waals surface area contributed by atoms with Crippen LogP contribution >= 0.6 is 35.4 Å². The highest BCUT2D eigenvalue weighted by Gasteiger charge is 2.19. The first-order valence-electron chi connectivity index (χ1n) is 9.17. The van der Waals surface area contributed by atoms with Gasteiger partial charge in [-0.3, -0.25) is 0 Å². The van der Waals surface area contributed by atoms with Gasteiger partial charge in [-0.05, 0) is 34.9 Å². The van der Waals surface area contributed by atoms with Crippen LogP contribution in [-0.2, 0) is 0 Å². The van der Waals surface area contributed by atoms with Crippen LogP contribution < -0.4 is 15.0 Å². The normalized spacial score (nSPS) is 11.8. The minimum absolute atomic E-state index is 0.262. The van der Waals surface area contributed by atoms with Crippen LogP contribution in [0.1, 0.15) is 5.56 Å². The first-order valence-corrected chi connectivity index (χ1v) is 10.3. The third kappa shape index (κ3) is 4.17. The van der Waals surface area contributed by atoms with Crippen molar-refractivity contribution in [2.24, 2.45) is 0 Å². The zero-order chi connectivity index (χ0) is 21.1. The highest BCUT2D eigenvalue weighted by Crippen LogP contribution is 2.27. The lowest BCUT2D eigenvalue weighted by molar-refractivity contribution is -0.577. The maximum atomic E-state index is 13.4. The first-order chi connectivity index (χ1) is 14.5. The van der Waals surface area contributed by atoms with Crippen molar-refractivity contribution in [1.82, 2.24) is 0 Å². The third-order valence-corrected chi connectivity index (χ3v) is 5.66. The van der Waals surface area contributed by atoms with Crippen molar-refractivity contribution >= 4 is 68.3 Å². The summed E-state index contributed by atoms with van der Waals surface area (Å²) < 4.78 is 1.70. The monoisotopic (exact) mass is 450 g/mol. The highest BCUT2D eigenvalue weighted by atomic mass is 35.5. The molecule has 0 aliphatic heterocycles. The molecule has 3 nitrogen and oxygen atoms in total. The van der Waals surface area contributed by atoms with Crippen LogP contribution in [0.15, 0.2) is 91.3 Å². The van der Waals surface area contributed by atoms with E-state index in [1.54, 1.807) is 35.2 Å². The van der Waals surface area contributed by atoms with Crippen LogP contribution in [0.3, 0.4) is 0 Å². The summed E-state index contributed by atoms with van der Waals surface area (Å²) in [6.07, 6.45) is 3.56. The predicted molar refractivity (Wildman–Crippen MR) is 126 cm³/mol. The molecule has 0 radical (unpaired) electrons. The Bertz CT molecular complexity index is 1270. The number of rotatable bonds is 4. The summed E-state index contributed by atoms with van der Waals surface area (Å²) in [6.45, 7) is 0. The second-order valence-corrected chi connectivity index (χ2v) is 7.79. The Morgan fingerprint density at radius 1 is 0.833 bits per heavy atom. The van der Waals surface area contributed by atoms with Crippen molar-refractivity contribution in [1.29, 1.82) is 0 Å². The molecule has 4 rings (SSSR count). The maximum Gasteiger partial charge on any atom is 0.238 e. The van der Waals surface area contributed by atoms with E-state index < -0.39 is 0 Å². The molecule has 0 spiro atoms. The van der Waals surface area contributed by atoms with Gasteiger partial charge in [0.2, 0.25) is 5.70 Å². The second kappa shape index (κ2) is 8.84. The molecule has 0 bridgehead atoms. The summed E-state index contributed by atoms with van der Waals surface area (Å²) in [7, 11) is 0. The van der Waals surface area contributed by atoms with Gasteiger partial charge in [-0.25, -0.2) is 0 Å². The molecule has 0 amide bonds. The van der Waals surface area contributed by atoms with E-state index in [-0.39, 0.29) is 5.76 Å². The van der Waals surface area contributed by atoms with Gasteiger partial charge in [0.05, 0.1) is 10.0 Å². The van der Waals surface area contributed by atoms with E-state index in [1.807, 2.05) is 60.7 Å². The Morgan fingerprint density at radius 3 is 2.33 bits per heavy atom. The minimum atomic E-state index is -0.262. The molecule has 148 valence electrons. The molecule has 4 aromatic rings. The largest absolute Gasteiger partial charge is 0.867 e. The smallest absolute Gasteiger partial charge is 0.238 e. The van der Waals surface area contributed by atoms with Gasteiger partial charge in [-0.1, -0.05) is 84.0 Å². The topological polar surface area (TPSA) is 39.0 Å². The average Bonchev–Trinajstić information content (AvgIpc) is 2.77. The van der Waals surface area contributed by atoms with Crippen LogP contribution in [0.2, 0.25) is 10.0 Å². The lowest BCUT2D eigenvalue weighted by Gasteiger charge is -2.18. The summed E-state index contributed by atoms with van der Waals surface area (Å²) >= 11 is 17.8. The molecular formula is C24H16Cl2N2OS. The van der Waals surface area contributed by atoms with Gasteiger partial charge in [0.25, 0.3) is 0 Å². The number of halogens is 2. The molecule has 0 aliphatic carbocycles. The number of hydrogen-bond acceptors (Lipinski definition) is 2. The second-order valence-electron chi connectivity index (χ2n) is 6.57. The Hall–Kier alpha value is -2.92. The fourth-order valence-electron chi connectivity index (χ4n) is 3.18. The number of pyridine rings is 1. The number of thiocarbonyl (C=S) groups is 1. The van der Waals surface area contributed by atoms with E-state index in [9.17, 15) is 5.11 Å². The summed E-state index contributed by atoms with van der Waals surface area (Å²) in [5.41, 5.74) is 1.55. The molecule has 6 heteroatoms. The van der Waals surface area contributed by atoms with Gasteiger partial charge in [0.1, 0.15) is 0 Å². The van der Waals surface area contributed by atoms with Crippen molar-refractivity contribution in [2.75, 3.05) is 5.32 Å². The molecule has 0 saturated heterocycles. The third-order valence-electron chi connectivity index (χ3n) is 4.62. The van der Waals surface area contributed by atoms with Crippen molar-refractivity contribution in [2.45, 2.75) is 0 Å². The molecule has 30 heavy (non-hydrogen) atoms. The summed E-state index contributed by atoms with van der Waals surface area (Å²) in [5.74, 6) is -0.262. The summed E-state index contributed by atoms with van der Waals surface area (Å²) in [5, 5.41) is 19.5. The average molecular weight is 451 g/mol. The SMILES string of the molecule is [O-]/C(=C(\C(=S)Nc1cccc2ccccc12)[n+]1ccccc1)c1ccc(Cl)c(Cl)c1. The number of anilines is 1. The van der Waals surface area contributed by atoms with E-state index in [4.69, 9.17) is 35.4 Å². The number of fused-ring (bicyclic) bond motifs is 1. The van der Waals surface area contributed by atoms with E-state index in [2.05, 4.69) is 5.32 Å². The zero-order valence-electron chi connectivity index (χ0n) is 15.7. The Labute approximate surface area is 189 Å². The lowest BCUT2D eigenvalue weighted by atomic mass is 10.1. The van der Waals surface area contributed by atoms with Crippen molar-refractivity contribution in [3.8, 4) is 0 Å². The van der Waals surface area contributed by atoms with Crippen LogP contribution in [0.25, 0.3) is 22.2 Å². The van der Waals surface area contributed by atoms with Crippen molar-refractivity contribution in [3.63, 3.8) is 0 Å². The quantitative estimate of drug-likeness (QED) is 0.191. The zero-order valence-corrected chi connectivity index (χ0v) is 18.0. The van der Waals surface area contributed by atoms with Gasteiger partial charge in [0.15, 0.2) is 17.4 Å². The number of hydrogen-bond donors (Lipinski definition) is 1. The molecule has 1 N–H and O–H groups in total. The summed E-state index contributed by atoms with van der Waals surface area (Å²) in [4.78, 5) is 0.304. The number of nitrogens with one attached hydrogen (secondary N) is 1. The van der Waals surface area contributed by atoms with Gasteiger partial charge >= 0.3 is 0 Å². The van der Waals surface area contributed by atoms with Crippen LogP contribution in [-0.4, -0.2) is 4.99 Å². The molecule has 0 atom stereocenters. The fourth-order valence-corrected chi connectivity index (χ4v) is 3.78. The van der Waals surface area contributed by atoms with Gasteiger partial charge in [0, 0.05) is 23.2 Å². The fraction of sp³-hybridized carbons (Fsp3) is 0. The van der Waals surface area contributed by atoms with Crippen molar-refractivity contribution < 1.29 is 9.67 Å². The van der Waals surface area contributed by atoms with E-state index in [1.165, 1.54) is 0 Å². The molecule has 3 aromatic carbocycles. The summed E-state index contributed by atoms with van der Waals surface area (Å²) in [6, 6.07) is 24.2. The molecule has 0 saturated carbocycles. The van der Waals surface area contributed by atoms with Gasteiger partial charge in [-0.2, -0.15) is 4.57 Å². The standard InChI is InChI=1S/C24H16Cl2N2OS/c25-19-12-11-17(15-20(19)26)23(29)22(28-13-4-1-5-14-28)24(30)27-21-10-6-8-16-7-2-3-9-18(16)21/h1-15H,(H-,27,29,30). The van der Waals surface area contributed by atoms with E-state index >= 15 is 0 Å².